The third kappa shape index (κ3) is 3.03. The fraction of sp³-hybridized carbons (Fsp3) is 0.190. The van der Waals surface area contributed by atoms with E-state index in [1.165, 1.54) is 0 Å². The molecule has 0 bridgehead atoms. The second-order valence-corrected chi connectivity index (χ2v) is 5.95. The maximum atomic E-state index is 11.5. The number of methoxy groups -OCH3 is 1. The summed E-state index contributed by atoms with van der Waals surface area (Å²) in [5.74, 6) is 0.357. The molecule has 0 unspecified atom stereocenters. The standard InChI is InChI=1S/C21H21NO2/c1-21(23,17-12-6-7-14-19(17)24-2)20(16-10-4-3-5-11-16)18-13-8-9-15-22-18/h3-15,20,23H,1-2H3/t20-,21+/m0/s1. The molecule has 0 saturated heterocycles. The minimum absolute atomic E-state index is 0.309. The van der Waals surface area contributed by atoms with E-state index in [1.807, 2.05) is 79.7 Å². The quantitative estimate of drug-likeness (QED) is 0.769. The van der Waals surface area contributed by atoms with Crippen molar-refractivity contribution in [2.24, 2.45) is 0 Å². The molecule has 1 N–H and O–H groups in total. The number of benzene rings is 2. The van der Waals surface area contributed by atoms with Crippen LogP contribution in [0.25, 0.3) is 0 Å². The number of nitrogens with zero attached hydrogens (tertiary/aromatic N) is 1. The summed E-state index contributed by atoms with van der Waals surface area (Å²) in [6.45, 7) is 1.82. The van der Waals surface area contributed by atoms with E-state index >= 15 is 0 Å². The van der Waals surface area contributed by atoms with Crippen LogP contribution < -0.4 is 4.74 Å². The largest absolute Gasteiger partial charge is 0.496 e. The van der Waals surface area contributed by atoms with E-state index in [0.29, 0.717) is 5.75 Å². The molecule has 0 aliphatic heterocycles. The fourth-order valence-corrected chi connectivity index (χ4v) is 3.19. The Bertz CT molecular complexity index is 746. The molecule has 0 aliphatic carbocycles. The number of hydrogen-bond donors (Lipinski definition) is 1. The first-order chi connectivity index (χ1) is 11.6. The highest BCUT2D eigenvalue weighted by atomic mass is 16.5. The third-order valence-electron chi connectivity index (χ3n) is 4.33. The van der Waals surface area contributed by atoms with Crippen LogP contribution in [-0.2, 0) is 5.60 Å². The van der Waals surface area contributed by atoms with Gasteiger partial charge in [0.05, 0.1) is 18.7 Å². The second-order valence-electron chi connectivity index (χ2n) is 5.95. The normalized spacial score (nSPS) is 14.6. The number of pyridine rings is 1. The maximum Gasteiger partial charge on any atom is 0.124 e. The molecule has 3 heteroatoms. The molecule has 2 aromatic carbocycles. The molecular weight excluding hydrogens is 298 g/mol. The SMILES string of the molecule is COc1ccccc1[C@@](C)(O)[C@@H](c1ccccc1)c1ccccn1. The van der Waals surface area contributed by atoms with Crippen molar-refractivity contribution in [1.29, 1.82) is 0 Å². The van der Waals surface area contributed by atoms with Crippen LogP contribution in [0, 0.1) is 0 Å². The Labute approximate surface area is 142 Å². The monoisotopic (exact) mass is 319 g/mol. The van der Waals surface area contributed by atoms with E-state index in [1.54, 1.807) is 13.3 Å². The summed E-state index contributed by atoms with van der Waals surface area (Å²) >= 11 is 0. The average Bonchev–Trinajstić information content (AvgIpc) is 2.63. The lowest BCUT2D eigenvalue weighted by molar-refractivity contribution is 0.0356. The van der Waals surface area contributed by atoms with Gasteiger partial charge in [0.2, 0.25) is 0 Å². The Morgan fingerprint density at radius 1 is 0.917 bits per heavy atom. The second kappa shape index (κ2) is 6.85. The zero-order valence-electron chi connectivity index (χ0n) is 13.9. The Kier molecular flexibility index (Phi) is 4.63. The van der Waals surface area contributed by atoms with Crippen molar-refractivity contribution in [2.75, 3.05) is 7.11 Å². The smallest absolute Gasteiger partial charge is 0.124 e. The summed E-state index contributed by atoms with van der Waals surface area (Å²) in [5, 5.41) is 11.5. The van der Waals surface area contributed by atoms with Gasteiger partial charge in [0.15, 0.2) is 0 Å². The van der Waals surface area contributed by atoms with Crippen LogP contribution in [0.15, 0.2) is 79.0 Å². The Balaban J connectivity index is 2.18. The molecule has 0 aliphatic rings. The van der Waals surface area contributed by atoms with Gasteiger partial charge >= 0.3 is 0 Å². The zero-order chi connectivity index (χ0) is 17.0. The predicted octanol–water partition coefficient (Wildman–Crippen LogP) is 4.13. The molecule has 1 aromatic heterocycles. The first-order valence-corrected chi connectivity index (χ1v) is 7.96. The average molecular weight is 319 g/mol. The van der Waals surface area contributed by atoms with Crippen LogP contribution in [0.5, 0.6) is 5.75 Å². The number of aliphatic hydroxyl groups is 1. The first-order valence-electron chi connectivity index (χ1n) is 7.96. The highest BCUT2D eigenvalue weighted by molar-refractivity contribution is 5.43. The van der Waals surface area contributed by atoms with E-state index in [2.05, 4.69) is 4.98 Å². The fourth-order valence-electron chi connectivity index (χ4n) is 3.19. The van der Waals surface area contributed by atoms with Gasteiger partial charge in [-0.3, -0.25) is 4.98 Å². The number of para-hydroxylation sites is 1. The number of rotatable bonds is 5. The van der Waals surface area contributed by atoms with Crippen molar-refractivity contribution in [3.05, 3.63) is 95.8 Å². The molecule has 0 amide bonds. The van der Waals surface area contributed by atoms with Crippen LogP contribution in [0.1, 0.15) is 29.7 Å². The molecule has 3 aromatic rings. The summed E-state index contributed by atoms with van der Waals surface area (Å²) in [6, 6.07) is 23.3. The van der Waals surface area contributed by atoms with Gasteiger partial charge < -0.3 is 9.84 Å². The zero-order valence-corrected chi connectivity index (χ0v) is 13.9. The molecule has 122 valence electrons. The van der Waals surface area contributed by atoms with Crippen molar-refractivity contribution in [3.63, 3.8) is 0 Å². The van der Waals surface area contributed by atoms with Crippen LogP contribution in [0.4, 0.5) is 0 Å². The topological polar surface area (TPSA) is 42.4 Å². The number of ether oxygens (including phenoxy) is 1. The summed E-state index contributed by atoms with van der Waals surface area (Å²) in [4.78, 5) is 4.50. The molecule has 0 fully saturated rings. The molecule has 2 atom stereocenters. The van der Waals surface area contributed by atoms with E-state index in [-0.39, 0.29) is 5.92 Å². The lowest BCUT2D eigenvalue weighted by Crippen LogP contribution is -2.32. The maximum absolute atomic E-state index is 11.5. The molecule has 3 nitrogen and oxygen atoms in total. The van der Waals surface area contributed by atoms with E-state index < -0.39 is 5.60 Å². The van der Waals surface area contributed by atoms with Crippen molar-refractivity contribution in [2.45, 2.75) is 18.4 Å². The third-order valence-corrected chi connectivity index (χ3v) is 4.33. The van der Waals surface area contributed by atoms with Gasteiger partial charge in [0.25, 0.3) is 0 Å². The Morgan fingerprint density at radius 2 is 1.58 bits per heavy atom. The molecule has 24 heavy (non-hydrogen) atoms. The van der Waals surface area contributed by atoms with Crippen molar-refractivity contribution in [1.82, 2.24) is 4.98 Å². The molecule has 0 spiro atoms. The predicted molar refractivity (Wildman–Crippen MR) is 95.1 cm³/mol. The van der Waals surface area contributed by atoms with Gasteiger partial charge in [0, 0.05) is 11.8 Å². The highest BCUT2D eigenvalue weighted by Gasteiger charge is 2.38. The van der Waals surface area contributed by atoms with E-state index in [9.17, 15) is 5.11 Å². The lowest BCUT2D eigenvalue weighted by atomic mass is 9.76. The molecular formula is C21H21NO2. The molecule has 0 saturated carbocycles. The van der Waals surface area contributed by atoms with Crippen LogP contribution >= 0.6 is 0 Å². The van der Waals surface area contributed by atoms with Gasteiger partial charge in [0.1, 0.15) is 11.4 Å². The summed E-state index contributed by atoms with van der Waals surface area (Å²) in [7, 11) is 1.62. The number of aromatic nitrogens is 1. The van der Waals surface area contributed by atoms with E-state index in [0.717, 1.165) is 16.8 Å². The van der Waals surface area contributed by atoms with Gasteiger partial charge in [-0.05, 0) is 30.7 Å². The van der Waals surface area contributed by atoms with Crippen LogP contribution in [-0.4, -0.2) is 17.2 Å². The lowest BCUT2D eigenvalue weighted by Gasteiger charge is -2.34. The minimum atomic E-state index is -1.18. The van der Waals surface area contributed by atoms with Crippen molar-refractivity contribution in [3.8, 4) is 5.75 Å². The van der Waals surface area contributed by atoms with Gasteiger partial charge in [-0.25, -0.2) is 0 Å². The van der Waals surface area contributed by atoms with E-state index in [4.69, 9.17) is 4.74 Å². The Hall–Kier alpha value is -2.65. The number of hydrogen-bond acceptors (Lipinski definition) is 3. The summed E-state index contributed by atoms with van der Waals surface area (Å²) in [6.07, 6.45) is 1.75. The van der Waals surface area contributed by atoms with Gasteiger partial charge in [-0.1, -0.05) is 54.6 Å². The van der Waals surface area contributed by atoms with Gasteiger partial charge in [-0.2, -0.15) is 0 Å². The Morgan fingerprint density at radius 3 is 2.25 bits per heavy atom. The van der Waals surface area contributed by atoms with Gasteiger partial charge in [-0.15, -0.1) is 0 Å². The molecule has 1 heterocycles. The van der Waals surface area contributed by atoms with Crippen molar-refractivity contribution >= 4 is 0 Å². The van der Waals surface area contributed by atoms with Crippen LogP contribution in [0.2, 0.25) is 0 Å². The van der Waals surface area contributed by atoms with Crippen molar-refractivity contribution < 1.29 is 9.84 Å². The minimum Gasteiger partial charge on any atom is -0.496 e. The molecule has 0 radical (unpaired) electrons. The van der Waals surface area contributed by atoms with Crippen LogP contribution in [0.3, 0.4) is 0 Å². The highest BCUT2D eigenvalue weighted by Crippen LogP contribution is 2.43. The summed E-state index contributed by atoms with van der Waals surface area (Å²) in [5.41, 5.74) is 1.39. The summed E-state index contributed by atoms with van der Waals surface area (Å²) < 4.78 is 5.47. The first kappa shape index (κ1) is 16.2. The molecule has 3 rings (SSSR count).